The maximum atomic E-state index is 13.3. The Hall–Kier alpha value is -1.46. The molecule has 1 fully saturated rings. The summed E-state index contributed by atoms with van der Waals surface area (Å²) in [6.45, 7) is 2.39. The highest BCUT2D eigenvalue weighted by Gasteiger charge is 2.38. The van der Waals surface area contributed by atoms with E-state index in [-0.39, 0.29) is 11.7 Å². The largest absolute Gasteiger partial charge is 0.481 e. The molecule has 2 rings (SSSR count). The number of ether oxygens (including phenoxy) is 1. The van der Waals surface area contributed by atoms with Crippen molar-refractivity contribution >= 4 is 5.97 Å². The van der Waals surface area contributed by atoms with Gasteiger partial charge >= 0.3 is 5.97 Å². The first-order chi connectivity index (χ1) is 9.11. The van der Waals surface area contributed by atoms with Crippen molar-refractivity contribution in [1.29, 1.82) is 0 Å². The minimum absolute atomic E-state index is 0.162. The first-order valence-electron chi connectivity index (χ1n) is 6.31. The summed E-state index contributed by atoms with van der Waals surface area (Å²) in [5.41, 5.74) is 0.757. The van der Waals surface area contributed by atoms with Gasteiger partial charge in [-0.25, -0.2) is 4.39 Å². The van der Waals surface area contributed by atoms with Crippen LogP contribution in [0.3, 0.4) is 0 Å². The number of carbonyl (C=O) groups is 1. The van der Waals surface area contributed by atoms with Gasteiger partial charge in [-0.1, -0.05) is 12.1 Å². The summed E-state index contributed by atoms with van der Waals surface area (Å²) < 4.78 is 18.3. The summed E-state index contributed by atoms with van der Waals surface area (Å²) >= 11 is 0. The number of hydrogen-bond donors (Lipinski definition) is 1. The van der Waals surface area contributed by atoms with Gasteiger partial charge in [0.1, 0.15) is 5.82 Å². The number of carboxylic acid groups (broad SMARTS) is 1. The van der Waals surface area contributed by atoms with Gasteiger partial charge in [-0.3, -0.25) is 9.69 Å². The van der Waals surface area contributed by atoms with Crippen molar-refractivity contribution in [3.63, 3.8) is 0 Å². The number of likely N-dealkylation sites (tertiary alicyclic amines) is 1. The molecule has 1 N–H and O–H groups in total. The summed E-state index contributed by atoms with van der Waals surface area (Å²) in [5.74, 6) is -1.80. The summed E-state index contributed by atoms with van der Waals surface area (Å²) in [6, 6.07) is 6.22. The fraction of sp³-hybridized carbons (Fsp3) is 0.500. The van der Waals surface area contributed by atoms with Gasteiger partial charge in [0.25, 0.3) is 0 Å². The van der Waals surface area contributed by atoms with Crippen LogP contribution in [0.4, 0.5) is 4.39 Å². The van der Waals surface area contributed by atoms with E-state index >= 15 is 0 Å². The highest BCUT2D eigenvalue weighted by atomic mass is 19.1. The van der Waals surface area contributed by atoms with E-state index in [1.54, 1.807) is 19.2 Å². The molecule has 5 heteroatoms. The maximum Gasteiger partial charge on any atom is 0.308 e. The summed E-state index contributed by atoms with van der Waals surface area (Å²) in [6.07, 6.45) is 0. The normalized spacial score (nSPS) is 23.7. The van der Waals surface area contributed by atoms with Gasteiger partial charge < -0.3 is 9.84 Å². The van der Waals surface area contributed by atoms with E-state index in [1.807, 2.05) is 0 Å². The number of carboxylic acids is 1. The van der Waals surface area contributed by atoms with Crippen LogP contribution in [0.1, 0.15) is 11.5 Å². The second kappa shape index (κ2) is 6.12. The van der Waals surface area contributed by atoms with E-state index in [9.17, 15) is 14.3 Å². The van der Waals surface area contributed by atoms with Crippen molar-refractivity contribution in [2.24, 2.45) is 5.92 Å². The Morgan fingerprint density at radius 2 is 2.32 bits per heavy atom. The number of nitrogens with zero attached hydrogens (tertiary/aromatic N) is 1. The van der Waals surface area contributed by atoms with E-state index in [1.165, 1.54) is 12.1 Å². The van der Waals surface area contributed by atoms with Crippen LogP contribution in [0, 0.1) is 11.7 Å². The van der Waals surface area contributed by atoms with Crippen LogP contribution in [0.15, 0.2) is 24.3 Å². The average Bonchev–Trinajstić information content (AvgIpc) is 2.80. The predicted octanol–water partition coefficient (Wildman–Crippen LogP) is 1.57. The van der Waals surface area contributed by atoms with Crippen LogP contribution >= 0.6 is 0 Å². The first-order valence-corrected chi connectivity index (χ1v) is 6.31. The second-order valence-corrected chi connectivity index (χ2v) is 4.86. The van der Waals surface area contributed by atoms with Crippen LogP contribution in [-0.4, -0.2) is 49.3 Å². The average molecular weight is 267 g/mol. The number of hydrogen-bond acceptors (Lipinski definition) is 3. The molecule has 0 unspecified atom stereocenters. The molecule has 2 atom stereocenters. The molecule has 0 bridgehead atoms. The van der Waals surface area contributed by atoms with Crippen LogP contribution < -0.4 is 0 Å². The van der Waals surface area contributed by atoms with Gasteiger partial charge in [0, 0.05) is 32.7 Å². The molecule has 1 heterocycles. The van der Waals surface area contributed by atoms with Gasteiger partial charge in [-0.2, -0.15) is 0 Å². The Bertz CT molecular complexity index is 452. The number of halogens is 1. The monoisotopic (exact) mass is 267 g/mol. The van der Waals surface area contributed by atoms with Gasteiger partial charge in [0.05, 0.1) is 12.5 Å². The van der Waals surface area contributed by atoms with Gasteiger partial charge in [-0.15, -0.1) is 0 Å². The molecule has 4 nitrogen and oxygen atoms in total. The molecule has 0 spiro atoms. The molecular weight excluding hydrogens is 249 g/mol. The number of rotatable bonds is 5. The van der Waals surface area contributed by atoms with Crippen molar-refractivity contribution in [2.75, 3.05) is 33.4 Å². The molecule has 104 valence electrons. The van der Waals surface area contributed by atoms with Crippen molar-refractivity contribution in [3.8, 4) is 0 Å². The summed E-state index contributed by atoms with van der Waals surface area (Å²) in [5, 5.41) is 9.31. The summed E-state index contributed by atoms with van der Waals surface area (Å²) in [4.78, 5) is 13.4. The molecule has 1 aromatic carbocycles. The Kier molecular flexibility index (Phi) is 4.50. The van der Waals surface area contributed by atoms with Gasteiger partial charge in [-0.05, 0) is 17.7 Å². The zero-order valence-corrected chi connectivity index (χ0v) is 10.9. The smallest absolute Gasteiger partial charge is 0.308 e. The third kappa shape index (κ3) is 3.30. The van der Waals surface area contributed by atoms with Crippen molar-refractivity contribution < 1.29 is 19.0 Å². The van der Waals surface area contributed by atoms with E-state index in [0.29, 0.717) is 26.2 Å². The van der Waals surface area contributed by atoms with Crippen molar-refractivity contribution in [2.45, 2.75) is 5.92 Å². The standard InChI is InChI=1S/C14H18FNO3/c1-19-6-5-16-8-12(13(9-16)14(17)18)10-3-2-4-11(15)7-10/h2-4,7,12-13H,5-6,8-9H2,1H3,(H,17,18)/t12-,13+/m1/s1. The molecule has 0 saturated carbocycles. The third-order valence-corrected chi connectivity index (χ3v) is 3.60. The predicted molar refractivity (Wildman–Crippen MR) is 68.6 cm³/mol. The lowest BCUT2D eigenvalue weighted by Crippen LogP contribution is -2.26. The molecule has 1 aliphatic heterocycles. The lowest BCUT2D eigenvalue weighted by atomic mass is 9.89. The lowest BCUT2D eigenvalue weighted by Gasteiger charge is -2.15. The molecule has 0 aliphatic carbocycles. The van der Waals surface area contributed by atoms with Crippen LogP contribution in [0.25, 0.3) is 0 Å². The van der Waals surface area contributed by atoms with Gasteiger partial charge in [0.15, 0.2) is 0 Å². The zero-order chi connectivity index (χ0) is 13.8. The highest BCUT2D eigenvalue weighted by molar-refractivity contribution is 5.72. The molecule has 1 aliphatic rings. The minimum Gasteiger partial charge on any atom is -0.481 e. The Labute approximate surface area is 111 Å². The fourth-order valence-electron chi connectivity index (χ4n) is 2.61. The molecular formula is C14H18FNO3. The topological polar surface area (TPSA) is 49.8 Å². The quantitative estimate of drug-likeness (QED) is 0.880. The maximum absolute atomic E-state index is 13.3. The Morgan fingerprint density at radius 3 is 2.95 bits per heavy atom. The third-order valence-electron chi connectivity index (χ3n) is 3.60. The van der Waals surface area contributed by atoms with Crippen molar-refractivity contribution in [3.05, 3.63) is 35.6 Å². The second-order valence-electron chi connectivity index (χ2n) is 4.86. The van der Waals surface area contributed by atoms with Crippen LogP contribution in [0.2, 0.25) is 0 Å². The van der Waals surface area contributed by atoms with Crippen LogP contribution in [0.5, 0.6) is 0 Å². The lowest BCUT2D eigenvalue weighted by molar-refractivity contribution is -0.141. The molecule has 0 aromatic heterocycles. The molecule has 0 amide bonds. The van der Waals surface area contributed by atoms with E-state index in [0.717, 1.165) is 5.56 Å². The number of benzene rings is 1. The zero-order valence-electron chi connectivity index (χ0n) is 10.9. The van der Waals surface area contributed by atoms with E-state index < -0.39 is 11.9 Å². The fourth-order valence-corrected chi connectivity index (χ4v) is 2.61. The van der Waals surface area contributed by atoms with Crippen LogP contribution in [-0.2, 0) is 9.53 Å². The molecule has 19 heavy (non-hydrogen) atoms. The van der Waals surface area contributed by atoms with E-state index in [4.69, 9.17) is 4.74 Å². The van der Waals surface area contributed by atoms with Crippen molar-refractivity contribution in [1.82, 2.24) is 4.90 Å². The number of aliphatic carboxylic acids is 1. The summed E-state index contributed by atoms with van der Waals surface area (Å²) in [7, 11) is 1.62. The highest BCUT2D eigenvalue weighted by Crippen LogP contribution is 2.33. The SMILES string of the molecule is COCCN1C[C@H](C(=O)O)[C@@H](c2cccc(F)c2)C1. The Morgan fingerprint density at radius 1 is 1.53 bits per heavy atom. The van der Waals surface area contributed by atoms with E-state index in [2.05, 4.69) is 4.90 Å². The molecule has 0 radical (unpaired) electrons. The number of methoxy groups -OCH3 is 1. The minimum atomic E-state index is -0.825. The Balaban J connectivity index is 2.15. The van der Waals surface area contributed by atoms with Gasteiger partial charge in [0.2, 0.25) is 0 Å². The molecule has 1 aromatic rings. The molecule has 1 saturated heterocycles. The first kappa shape index (κ1) is 14.0.